The highest BCUT2D eigenvalue weighted by Gasteiger charge is 2.18. The van der Waals surface area contributed by atoms with E-state index in [1.54, 1.807) is 0 Å². The fraction of sp³-hybridized carbons (Fsp3) is 0.278. The van der Waals surface area contributed by atoms with Gasteiger partial charge in [-0.05, 0) is 50.6 Å². The first-order valence-electron chi connectivity index (χ1n) is 7.38. The van der Waals surface area contributed by atoms with Gasteiger partial charge in [0.05, 0.1) is 5.56 Å². The van der Waals surface area contributed by atoms with Crippen LogP contribution in [0.3, 0.4) is 0 Å². The minimum atomic E-state index is 0.0275. The van der Waals surface area contributed by atoms with Crippen molar-refractivity contribution in [2.75, 3.05) is 23.3 Å². The van der Waals surface area contributed by atoms with Gasteiger partial charge in [-0.3, -0.25) is 4.79 Å². The summed E-state index contributed by atoms with van der Waals surface area (Å²) in [6, 6.07) is 15.7. The van der Waals surface area contributed by atoms with Crippen molar-refractivity contribution in [2.24, 2.45) is 0 Å². The molecule has 3 heteroatoms. The minimum absolute atomic E-state index is 0.0275. The molecule has 0 unspecified atom stereocenters. The summed E-state index contributed by atoms with van der Waals surface area (Å²) in [5.74, 6) is 0.0275. The van der Waals surface area contributed by atoms with E-state index < -0.39 is 0 Å². The maximum atomic E-state index is 12.9. The Morgan fingerprint density at radius 1 is 1.10 bits per heavy atom. The van der Waals surface area contributed by atoms with E-state index in [1.165, 1.54) is 0 Å². The Morgan fingerprint density at radius 3 is 2.52 bits per heavy atom. The van der Waals surface area contributed by atoms with Crippen LogP contribution >= 0.6 is 0 Å². The van der Waals surface area contributed by atoms with Crippen molar-refractivity contribution in [1.82, 2.24) is 0 Å². The number of hydrogen-bond acceptors (Lipinski definition) is 2. The number of aryl methyl sites for hydroxylation is 1. The summed E-state index contributed by atoms with van der Waals surface area (Å²) in [5, 5.41) is 3.25. The number of rotatable bonds is 5. The van der Waals surface area contributed by atoms with Gasteiger partial charge in [-0.2, -0.15) is 0 Å². The van der Waals surface area contributed by atoms with E-state index >= 15 is 0 Å². The van der Waals surface area contributed by atoms with Crippen molar-refractivity contribution in [3.8, 4) is 0 Å². The first-order valence-corrected chi connectivity index (χ1v) is 7.38. The zero-order valence-electron chi connectivity index (χ0n) is 12.9. The van der Waals surface area contributed by atoms with Gasteiger partial charge in [0, 0.05) is 24.5 Å². The molecule has 0 atom stereocenters. The standard InChI is InChI=1S/C18H22N2O/c1-4-19-17-12-7-6-11-16(17)18(21)20(5-2)15-10-8-9-14(3)13-15/h6-13,19H,4-5H2,1-3H3. The van der Waals surface area contributed by atoms with E-state index in [0.29, 0.717) is 12.1 Å². The molecular formula is C18H22N2O. The Kier molecular flexibility index (Phi) is 4.99. The monoisotopic (exact) mass is 282 g/mol. The van der Waals surface area contributed by atoms with Gasteiger partial charge < -0.3 is 10.2 Å². The van der Waals surface area contributed by atoms with Gasteiger partial charge in [0.25, 0.3) is 5.91 Å². The molecule has 0 spiro atoms. The van der Waals surface area contributed by atoms with Crippen LogP contribution in [0.1, 0.15) is 29.8 Å². The predicted octanol–water partition coefficient (Wildman–Crippen LogP) is 4.09. The van der Waals surface area contributed by atoms with Crippen LogP contribution in [-0.4, -0.2) is 19.0 Å². The second-order valence-corrected chi connectivity index (χ2v) is 4.96. The van der Waals surface area contributed by atoms with Gasteiger partial charge in [0.1, 0.15) is 0 Å². The summed E-state index contributed by atoms with van der Waals surface area (Å²) in [6.45, 7) is 7.49. The van der Waals surface area contributed by atoms with E-state index in [1.807, 2.05) is 74.2 Å². The topological polar surface area (TPSA) is 32.3 Å². The third kappa shape index (κ3) is 3.43. The predicted molar refractivity (Wildman–Crippen MR) is 89.1 cm³/mol. The Labute approximate surface area is 126 Å². The highest BCUT2D eigenvalue weighted by molar-refractivity contribution is 6.09. The van der Waals surface area contributed by atoms with Gasteiger partial charge in [0.2, 0.25) is 0 Å². The molecule has 1 amide bonds. The van der Waals surface area contributed by atoms with Crippen LogP contribution in [0.5, 0.6) is 0 Å². The summed E-state index contributed by atoms with van der Waals surface area (Å²) in [5.41, 5.74) is 3.69. The van der Waals surface area contributed by atoms with E-state index in [0.717, 1.165) is 23.5 Å². The number of nitrogens with zero attached hydrogens (tertiary/aromatic N) is 1. The summed E-state index contributed by atoms with van der Waals surface area (Å²) in [4.78, 5) is 14.7. The molecule has 0 aliphatic heterocycles. The van der Waals surface area contributed by atoms with Gasteiger partial charge in [0.15, 0.2) is 0 Å². The van der Waals surface area contributed by atoms with Crippen LogP contribution in [0.2, 0.25) is 0 Å². The highest BCUT2D eigenvalue weighted by atomic mass is 16.2. The molecule has 2 aromatic carbocycles. The number of anilines is 2. The van der Waals surface area contributed by atoms with Crippen molar-refractivity contribution in [3.63, 3.8) is 0 Å². The quantitative estimate of drug-likeness (QED) is 0.895. The molecular weight excluding hydrogens is 260 g/mol. The van der Waals surface area contributed by atoms with Gasteiger partial charge in [-0.15, -0.1) is 0 Å². The molecule has 0 aliphatic rings. The molecule has 0 aromatic heterocycles. The Hall–Kier alpha value is -2.29. The Bertz CT molecular complexity index is 622. The van der Waals surface area contributed by atoms with Crippen LogP contribution < -0.4 is 10.2 Å². The maximum Gasteiger partial charge on any atom is 0.260 e. The minimum Gasteiger partial charge on any atom is -0.385 e. The lowest BCUT2D eigenvalue weighted by molar-refractivity contribution is 0.0989. The SMILES string of the molecule is CCNc1ccccc1C(=O)N(CC)c1cccc(C)c1. The first-order chi connectivity index (χ1) is 10.2. The van der Waals surface area contributed by atoms with Crippen molar-refractivity contribution >= 4 is 17.3 Å². The third-order valence-corrected chi connectivity index (χ3v) is 3.40. The second-order valence-electron chi connectivity index (χ2n) is 4.96. The van der Waals surface area contributed by atoms with Crippen molar-refractivity contribution < 1.29 is 4.79 Å². The molecule has 3 nitrogen and oxygen atoms in total. The zero-order chi connectivity index (χ0) is 15.2. The molecule has 1 N–H and O–H groups in total. The van der Waals surface area contributed by atoms with Crippen molar-refractivity contribution in [3.05, 3.63) is 59.7 Å². The maximum absolute atomic E-state index is 12.9. The molecule has 2 rings (SSSR count). The summed E-state index contributed by atoms with van der Waals surface area (Å²) in [7, 11) is 0. The van der Waals surface area contributed by atoms with E-state index in [9.17, 15) is 4.79 Å². The number of nitrogens with one attached hydrogen (secondary N) is 1. The van der Waals surface area contributed by atoms with E-state index in [2.05, 4.69) is 5.32 Å². The number of amides is 1. The first kappa shape index (κ1) is 15.1. The molecule has 21 heavy (non-hydrogen) atoms. The summed E-state index contributed by atoms with van der Waals surface area (Å²) < 4.78 is 0. The van der Waals surface area contributed by atoms with Crippen LogP contribution in [0.15, 0.2) is 48.5 Å². The average molecular weight is 282 g/mol. The fourth-order valence-electron chi connectivity index (χ4n) is 2.40. The summed E-state index contributed by atoms with van der Waals surface area (Å²) >= 11 is 0. The molecule has 0 aliphatic carbocycles. The smallest absolute Gasteiger partial charge is 0.260 e. The molecule has 110 valence electrons. The van der Waals surface area contributed by atoms with E-state index in [4.69, 9.17) is 0 Å². The highest BCUT2D eigenvalue weighted by Crippen LogP contribution is 2.22. The number of benzene rings is 2. The fourth-order valence-corrected chi connectivity index (χ4v) is 2.40. The Morgan fingerprint density at radius 2 is 1.86 bits per heavy atom. The average Bonchev–Trinajstić information content (AvgIpc) is 2.49. The van der Waals surface area contributed by atoms with Gasteiger partial charge >= 0.3 is 0 Å². The molecule has 0 saturated heterocycles. The van der Waals surface area contributed by atoms with Crippen molar-refractivity contribution in [2.45, 2.75) is 20.8 Å². The lowest BCUT2D eigenvalue weighted by Gasteiger charge is -2.23. The van der Waals surface area contributed by atoms with Crippen LogP contribution in [0, 0.1) is 6.92 Å². The van der Waals surface area contributed by atoms with Gasteiger partial charge in [-0.25, -0.2) is 0 Å². The van der Waals surface area contributed by atoms with Gasteiger partial charge in [-0.1, -0.05) is 24.3 Å². The molecule has 0 radical (unpaired) electrons. The van der Waals surface area contributed by atoms with E-state index in [-0.39, 0.29) is 5.91 Å². The lowest BCUT2D eigenvalue weighted by atomic mass is 10.1. The molecule has 0 fully saturated rings. The molecule has 0 heterocycles. The Balaban J connectivity index is 2.37. The number of para-hydroxylation sites is 1. The number of carbonyl (C=O) groups is 1. The van der Waals surface area contributed by atoms with Crippen LogP contribution in [-0.2, 0) is 0 Å². The van der Waals surface area contributed by atoms with Crippen LogP contribution in [0.25, 0.3) is 0 Å². The largest absolute Gasteiger partial charge is 0.385 e. The number of hydrogen-bond donors (Lipinski definition) is 1. The normalized spacial score (nSPS) is 10.2. The molecule has 0 saturated carbocycles. The third-order valence-electron chi connectivity index (χ3n) is 3.40. The summed E-state index contributed by atoms with van der Waals surface area (Å²) in [6.07, 6.45) is 0. The van der Waals surface area contributed by atoms with Crippen molar-refractivity contribution in [1.29, 1.82) is 0 Å². The molecule has 0 bridgehead atoms. The zero-order valence-corrected chi connectivity index (χ0v) is 12.9. The number of carbonyl (C=O) groups excluding carboxylic acids is 1. The molecule has 2 aromatic rings. The van der Waals surface area contributed by atoms with Crippen LogP contribution in [0.4, 0.5) is 11.4 Å². The second kappa shape index (κ2) is 6.93. The lowest BCUT2D eigenvalue weighted by Crippen LogP contribution is -2.31.